The maximum absolute atomic E-state index is 14.2. The van der Waals surface area contributed by atoms with Crippen LogP contribution in [-0.4, -0.2) is 19.0 Å². The van der Waals surface area contributed by atoms with Crippen molar-refractivity contribution in [3.8, 4) is 0 Å². The summed E-state index contributed by atoms with van der Waals surface area (Å²) >= 11 is 7.74. The van der Waals surface area contributed by atoms with E-state index >= 15 is 0 Å². The van der Waals surface area contributed by atoms with Crippen molar-refractivity contribution in [2.24, 2.45) is 4.99 Å². The molecule has 112 valence electrons. The quantitative estimate of drug-likeness (QED) is 0.775. The Morgan fingerprint density at radius 2 is 1.91 bits per heavy atom. The number of hydrogen-bond acceptors (Lipinski definition) is 3. The maximum atomic E-state index is 14.2. The Labute approximate surface area is 138 Å². The average Bonchev–Trinajstić information content (AvgIpc) is 2.65. The molecule has 2 aromatic rings. The highest BCUT2D eigenvalue weighted by atomic mass is 35.5. The van der Waals surface area contributed by atoms with Crippen molar-refractivity contribution >= 4 is 34.8 Å². The summed E-state index contributed by atoms with van der Waals surface area (Å²) in [6.45, 7) is 0. The normalized spacial score (nSPS) is 14.1. The van der Waals surface area contributed by atoms with Gasteiger partial charge in [0.25, 0.3) is 0 Å². The molecule has 0 amide bonds. The van der Waals surface area contributed by atoms with Crippen LogP contribution >= 0.6 is 23.4 Å². The van der Waals surface area contributed by atoms with Crippen LogP contribution in [0.5, 0.6) is 0 Å². The Bertz CT molecular complexity index is 786. The fourth-order valence-electron chi connectivity index (χ4n) is 2.44. The first-order valence-corrected chi connectivity index (χ1v) is 8.32. The number of halogens is 2. The number of anilines is 1. The van der Waals surface area contributed by atoms with Gasteiger partial charge in [0.05, 0.1) is 22.6 Å². The van der Waals surface area contributed by atoms with E-state index in [4.69, 9.17) is 11.6 Å². The van der Waals surface area contributed by atoms with E-state index in [0.717, 1.165) is 16.3 Å². The van der Waals surface area contributed by atoms with Crippen LogP contribution in [0, 0.1) is 5.82 Å². The highest BCUT2D eigenvalue weighted by molar-refractivity contribution is 8.02. The van der Waals surface area contributed by atoms with Gasteiger partial charge in [-0.25, -0.2) is 4.39 Å². The molecule has 1 aliphatic heterocycles. The van der Waals surface area contributed by atoms with Gasteiger partial charge in [-0.3, -0.25) is 4.99 Å². The van der Waals surface area contributed by atoms with E-state index in [2.05, 4.69) is 4.99 Å². The molecule has 2 nitrogen and oxygen atoms in total. The number of aliphatic imine (C=N–C) groups is 1. The van der Waals surface area contributed by atoms with E-state index in [9.17, 15) is 4.39 Å². The Hall–Kier alpha value is -1.78. The predicted octanol–water partition coefficient (Wildman–Crippen LogP) is 4.93. The van der Waals surface area contributed by atoms with Gasteiger partial charge >= 0.3 is 0 Å². The van der Waals surface area contributed by atoms with E-state index in [1.807, 2.05) is 36.4 Å². The van der Waals surface area contributed by atoms with Crippen molar-refractivity contribution in [2.45, 2.75) is 0 Å². The third kappa shape index (κ3) is 2.64. The van der Waals surface area contributed by atoms with Crippen LogP contribution in [0.2, 0.25) is 5.02 Å². The zero-order valence-corrected chi connectivity index (χ0v) is 13.7. The molecule has 0 saturated heterocycles. The molecule has 0 fully saturated rings. The molecule has 2 aromatic carbocycles. The molecule has 0 spiro atoms. The van der Waals surface area contributed by atoms with E-state index in [1.54, 1.807) is 36.2 Å². The number of nitrogens with zero attached hydrogens (tertiary/aromatic N) is 2. The number of rotatable bonds is 2. The summed E-state index contributed by atoms with van der Waals surface area (Å²) in [5, 5.41) is 1.58. The molecule has 0 radical (unpaired) electrons. The third-order valence-corrected chi connectivity index (χ3v) is 4.58. The topological polar surface area (TPSA) is 15.6 Å². The summed E-state index contributed by atoms with van der Waals surface area (Å²) in [4.78, 5) is 6.57. The van der Waals surface area contributed by atoms with Gasteiger partial charge in [-0.15, -0.1) is 11.8 Å². The molecular formula is C17H14ClFN2S. The molecular weight excluding hydrogens is 319 g/mol. The van der Waals surface area contributed by atoms with Gasteiger partial charge < -0.3 is 4.90 Å². The molecule has 22 heavy (non-hydrogen) atoms. The van der Waals surface area contributed by atoms with Crippen molar-refractivity contribution in [1.29, 1.82) is 0 Å². The van der Waals surface area contributed by atoms with Gasteiger partial charge in [0.2, 0.25) is 0 Å². The Kier molecular flexibility index (Phi) is 4.23. The van der Waals surface area contributed by atoms with Crippen molar-refractivity contribution in [3.05, 3.63) is 75.7 Å². The second-order valence-corrected chi connectivity index (χ2v) is 6.11. The Morgan fingerprint density at radius 1 is 1.14 bits per heavy atom. The first-order valence-electron chi connectivity index (χ1n) is 6.72. The summed E-state index contributed by atoms with van der Waals surface area (Å²) in [7, 11) is 1.97. The lowest BCUT2D eigenvalue weighted by Crippen LogP contribution is -2.16. The summed E-state index contributed by atoms with van der Waals surface area (Å²) in [6.07, 6.45) is 3.75. The molecule has 0 saturated carbocycles. The molecule has 3 rings (SSSR count). The standard InChI is InChI=1S/C17H14ClFN2S/c1-21-15-8-7-11(18)9-13(15)17(20-10-16(21)22-2)12-5-3-4-6-14(12)19/h3-10H,1-2H3. The molecule has 0 atom stereocenters. The number of thioether (sulfide) groups is 1. The lowest BCUT2D eigenvalue weighted by molar-refractivity contribution is 0.625. The van der Waals surface area contributed by atoms with Crippen LogP contribution in [0.1, 0.15) is 11.1 Å². The number of fused-ring (bicyclic) bond motifs is 1. The van der Waals surface area contributed by atoms with E-state index in [-0.39, 0.29) is 5.82 Å². The fourth-order valence-corrected chi connectivity index (χ4v) is 3.14. The summed E-state index contributed by atoms with van der Waals surface area (Å²) in [6, 6.07) is 12.2. The van der Waals surface area contributed by atoms with Crippen molar-refractivity contribution in [3.63, 3.8) is 0 Å². The second kappa shape index (κ2) is 6.15. The summed E-state index contributed by atoms with van der Waals surface area (Å²) in [5.41, 5.74) is 2.83. The first kappa shape index (κ1) is 15.1. The molecule has 0 aromatic heterocycles. The molecule has 0 unspecified atom stereocenters. The van der Waals surface area contributed by atoms with Gasteiger partial charge in [0.15, 0.2) is 0 Å². The van der Waals surface area contributed by atoms with Gasteiger partial charge in [0.1, 0.15) is 5.82 Å². The van der Waals surface area contributed by atoms with Crippen LogP contribution in [0.3, 0.4) is 0 Å². The van der Waals surface area contributed by atoms with Crippen LogP contribution in [0.4, 0.5) is 10.1 Å². The first-order chi connectivity index (χ1) is 10.6. The van der Waals surface area contributed by atoms with Crippen molar-refractivity contribution < 1.29 is 4.39 Å². The van der Waals surface area contributed by atoms with E-state index in [0.29, 0.717) is 16.3 Å². The van der Waals surface area contributed by atoms with E-state index < -0.39 is 0 Å². The summed E-state index contributed by atoms with van der Waals surface area (Å²) in [5.74, 6) is -0.296. The second-order valence-electron chi connectivity index (χ2n) is 4.85. The number of benzene rings is 2. The van der Waals surface area contributed by atoms with Crippen molar-refractivity contribution in [1.82, 2.24) is 0 Å². The lowest BCUT2D eigenvalue weighted by atomic mass is 10.00. The zero-order chi connectivity index (χ0) is 15.7. The minimum Gasteiger partial charge on any atom is -0.338 e. The minimum absolute atomic E-state index is 0.296. The predicted molar refractivity (Wildman–Crippen MR) is 93.5 cm³/mol. The van der Waals surface area contributed by atoms with Gasteiger partial charge in [-0.1, -0.05) is 23.7 Å². The number of hydrogen-bond donors (Lipinski definition) is 0. The summed E-state index contributed by atoms with van der Waals surface area (Å²) < 4.78 is 14.2. The van der Waals surface area contributed by atoms with Crippen LogP contribution in [0.15, 0.2) is 58.7 Å². The fraction of sp³-hybridized carbons (Fsp3) is 0.118. The largest absolute Gasteiger partial charge is 0.338 e. The van der Waals surface area contributed by atoms with Gasteiger partial charge in [0, 0.05) is 23.2 Å². The van der Waals surface area contributed by atoms with Gasteiger partial charge in [-0.2, -0.15) is 0 Å². The highest BCUT2D eigenvalue weighted by Gasteiger charge is 2.21. The molecule has 5 heteroatoms. The monoisotopic (exact) mass is 332 g/mol. The molecule has 0 N–H and O–H groups in total. The molecule has 1 aliphatic rings. The SMILES string of the molecule is CSC1=CN=C(c2ccccc2F)c2cc(Cl)ccc2N1C. The minimum atomic E-state index is -0.296. The lowest BCUT2D eigenvalue weighted by Gasteiger charge is -2.22. The highest BCUT2D eigenvalue weighted by Crippen LogP contribution is 2.33. The maximum Gasteiger partial charge on any atom is 0.132 e. The third-order valence-electron chi connectivity index (χ3n) is 3.55. The molecule has 1 heterocycles. The molecule has 0 aliphatic carbocycles. The van der Waals surface area contributed by atoms with Gasteiger partial charge in [-0.05, 0) is 36.6 Å². The smallest absolute Gasteiger partial charge is 0.132 e. The van der Waals surface area contributed by atoms with Crippen LogP contribution < -0.4 is 4.90 Å². The Morgan fingerprint density at radius 3 is 2.64 bits per heavy atom. The zero-order valence-electron chi connectivity index (χ0n) is 12.2. The Balaban J connectivity index is 2.27. The van der Waals surface area contributed by atoms with Crippen LogP contribution in [0.25, 0.3) is 0 Å². The van der Waals surface area contributed by atoms with E-state index in [1.165, 1.54) is 6.07 Å². The molecule has 0 bridgehead atoms. The van der Waals surface area contributed by atoms with Crippen LogP contribution in [-0.2, 0) is 0 Å². The average molecular weight is 333 g/mol. The van der Waals surface area contributed by atoms with Crippen molar-refractivity contribution in [2.75, 3.05) is 18.2 Å².